The number of hydrogen-bond acceptors (Lipinski definition) is 13. The first-order valence-electron chi connectivity index (χ1n) is 22.1. The van der Waals surface area contributed by atoms with E-state index in [1.165, 1.54) is 0 Å². The van der Waals surface area contributed by atoms with Crippen LogP contribution in [-0.2, 0) is 32.7 Å². The summed E-state index contributed by atoms with van der Waals surface area (Å²) in [5, 5.41) is 59.9. The van der Waals surface area contributed by atoms with Crippen molar-refractivity contribution in [2.45, 2.75) is 172 Å². The van der Waals surface area contributed by atoms with Crippen LogP contribution < -0.4 is 0 Å². The Labute approximate surface area is 369 Å². The molecular weight excluding hydrogens is 819 g/mol. The van der Waals surface area contributed by atoms with Crippen molar-refractivity contribution in [1.82, 2.24) is 0 Å². The maximum Gasteiger partial charge on any atom is 0.472 e. The fourth-order valence-corrected chi connectivity index (χ4v) is 6.92. The molecule has 0 aromatic rings. The van der Waals surface area contributed by atoms with Crippen LogP contribution in [0.1, 0.15) is 123 Å². The highest BCUT2D eigenvalue weighted by Gasteiger charge is 2.51. The molecule has 0 aromatic carbocycles. The number of phosphoric ester groups is 1. The van der Waals surface area contributed by atoms with Crippen LogP contribution in [0.2, 0.25) is 0 Å². The summed E-state index contributed by atoms with van der Waals surface area (Å²) < 4.78 is 33.4. The lowest BCUT2D eigenvalue weighted by Gasteiger charge is -2.41. The van der Waals surface area contributed by atoms with Crippen LogP contribution in [0.25, 0.3) is 0 Å². The molecule has 1 saturated carbocycles. The molecule has 0 saturated heterocycles. The van der Waals surface area contributed by atoms with Gasteiger partial charge in [-0.15, -0.1) is 0 Å². The molecule has 352 valence electrons. The number of rotatable bonds is 34. The van der Waals surface area contributed by atoms with Crippen molar-refractivity contribution in [3.8, 4) is 0 Å². The minimum Gasteiger partial charge on any atom is -0.462 e. The largest absolute Gasteiger partial charge is 0.472 e. The molecule has 0 amide bonds. The lowest BCUT2D eigenvalue weighted by atomic mass is 9.85. The van der Waals surface area contributed by atoms with E-state index in [2.05, 4.69) is 43.4 Å². The lowest BCUT2D eigenvalue weighted by Crippen LogP contribution is -2.64. The second kappa shape index (κ2) is 36.1. The van der Waals surface area contributed by atoms with E-state index >= 15 is 0 Å². The van der Waals surface area contributed by atoms with Gasteiger partial charge in [0, 0.05) is 12.8 Å². The van der Waals surface area contributed by atoms with Gasteiger partial charge >= 0.3 is 19.8 Å². The highest BCUT2D eigenvalue weighted by atomic mass is 31.2. The summed E-state index contributed by atoms with van der Waals surface area (Å²) in [7, 11) is -5.15. The Morgan fingerprint density at radius 3 is 1.71 bits per heavy atom. The zero-order valence-corrected chi connectivity index (χ0v) is 37.6. The van der Waals surface area contributed by atoms with Crippen molar-refractivity contribution >= 4 is 19.8 Å². The maximum atomic E-state index is 12.8. The number of hydrogen-bond donors (Lipinski definition) is 7. The van der Waals surface area contributed by atoms with Crippen molar-refractivity contribution in [2.24, 2.45) is 0 Å². The fourth-order valence-electron chi connectivity index (χ4n) is 5.94. The minimum absolute atomic E-state index is 0.00944. The van der Waals surface area contributed by atoms with Crippen LogP contribution in [-0.4, -0.2) is 110 Å². The lowest BCUT2D eigenvalue weighted by molar-refractivity contribution is -0.220. The smallest absolute Gasteiger partial charge is 0.462 e. The molecule has 7 N–H and O–H groups in total. The highest BCUT2D eigenvalue weighted by Crippen LogP contribution is 2.47. The summed E-state index contributed by atoms with van der Waals surface area (Å²) >= 11 is 0. The molecule has 0 radical (unpaired) electrons. The van der Waals surface area contributed by atoms with E-state index in [4.69, 9.17) is 18.5 Å². The Kier molecular flexibility index (Phi) is 33.1. The second-order valence-corrected chi connectivity index (χ2v) is 16.4. The summed E-state index contributed by atoms with van der Waals surface area (Å²) in [4.78, 5) is 35.6. The molecule has 0 heterocycles. The minimum atomic E-state index is -5.15. The van der Waals surface area contributed by atoms with Crippen molar-refractivity contribution in [3.63, 3.8) is 0 Å². The van der Waals surface area contributed by atoms with Crippen LogP contribution in [0.4, 0.5) is 0 Å². The highest BCUT2D eigenvalue weighted by molar-refractivity contribution is 7.47. The van der Waals surface area contributed by atoms with Gasteiger partial charge < -0.3 is 45.0 Å². The number of aliphatic hydroxyl groups is 6. The summed E-state index contributed by atoms with van der Waals surface area (Å²) in [6.45, 7) is 2.86. The Hall–Kier alpha value is -3.27. The topological polar surface area (TPSA) is 230 Å². The zero-order valence-electron chi connectivity index (χ0n) is 36.7. The Morgan fingerprint density at radius 2 is 1.08 bits per heavy atom. The molecule has 4 unspecified atom stereocenters. The predicted octanol–water partition coefficient (Wildman–Crippen LogP) is 7.24. The van der Waals surface area contributed by atoms with Gasteiger partial charge in [0.15, 0.2) is 6.10 Å². The van der Waals surface area contributed by atoms with Crippen molar-refractivity contribution in [1.29, 1.82) is 0 Å². The van der Waals surface area contributed by atoms with Gasteiger partial charge in [0.25, 0.3) is 0 Å². The molecule has 0 bridgehead atoms. The number of carbonyl (C=O) groups is 2. The van der Waals surface area contributed by atoms with E-state index in [1.54, 1.807) is 6.08 Å². The first-order valence-corrected chi connectivity index (χ1v) is 23.6. The Bertz CT molecular complexity index is 1470. The molecule has 1 fully saturated rings. The van der Waals surface area contributed by atoms with E-state index in [0.29, 0.717) is 32.1 Å². The zero-order chi connectivity index (χ0) is 45.9. The Balaban J connectivity index is 2.56. The van der Waals surface area contributed by atoms with Gasteiger partial charge in [-0.2, -0.15) is 0 Å². The number of aliphatic hydroxyl groups excluding tert-OH is 6. The van der Waals surface area contributed by atoms with Gasteiger partial charge in [0.1, 0.15) is 43.2 Å². The Morgan fingerprint density at radius 1 is 0.581 bits per heavy atom. The molecule has 14 nitrogen and oxygen atoms in total. The summed E-state index contributed by atoms with van der Waals surface area (Å²) in [6.07, 6.45) is 30.9. The third kappa shape index (κ3) is 28.4. The van der Waals surface area contributed by atoms with Crippen LogP contribution in [0, 0.1) is 0 Å². The van der Waals surface area contributed by atoms with E-state index in [-0.39, 0.29) is 12.8 Å². The molecule has 1 rings (SSSR count). The molecule has 0 spiro atoms. The number of phosphoric acid groups is 1. The van der Waals surface area contributed by atoms with E-state index in [9.17, 15) is 49.7 Å². The second-order valence-electron chi connectivity index (χ2n) is 15.0. The normalized spacial score (nSPS) is 23.3. The standard InChI is InChI=1S/C47H75O14P/c1-3-5-7-8-9-10-11-12-13-14-18-21-24-27-30-34-40(49)58-36-39(37-59-62(56,57)61-47-45(54)43(52)42(51)44(53)46(47)55)60-41(50)35-31-28-25-22-19-16-15-17-20-23-26-29-33-38(48)32-6-4-2/h5-7,9-10,12-13,15-16,20,22-23,25-26,29,32,38-39,42-48,51-55H,3-4,8,11,14,17-19,21,24,27-28,30-31,33-37H2,1-2H3,(H,56,57)/b7-5-,10-9-,13-12-,16-15-,23-20-,25-22-,29-26+,32-6-/t38?,39-,42?,43-,44+,45-,46-,47?/m1/s1. The monoisotopic (exact) mass is 894 g/mol. The number of carbonyl (C=O) groups excluding carboxylic acids is 2. The number of unbranched alkanes of at least 4 members (excludes halogenated alkanes) is 6. The number of ether oxygens (including phenoxy) is 2. The summed E-state index contributed by atoms with van der Waals surface area (Å²) in [5.41, 5.74) is 0. The van der Waals surface area contributed by atoms with Gasteiger partial charge in [-0.25, -0.2) is 4.57 Å². The average molecular weight is 895 g/mol. The molecule has 1 aliphatic carbocycles. The number of esters is 2. The molecule has 9 atom stereocenters. The molecule has 0 aliphatic heterocycles. The first-order chi connectivity index (χ1) is 29.8. The van der Waals surface area contributed by atoms with Crippen molar-refractivity contribution in [2.75, 3.05) is 13.2 Å². The van der Waals surface area contributed by atoms with Gasteiger partial charge in [-0.1, -0.05) is 130 Å². The van der Waals surface area contributed by atoms with Gasteiger partial charge in [0.2, 0.25) is 0 Å². The molecule has 0 aromatic heterocycles. The quantitative estimate of drug-likeness (QED) is 0.0111. The van der Waals surface area contributed by atoms with E-state index in [1.807, 2.05) is 61.6 Å². The van der Waals surface area contributed by atoms with Crippen molar-refractivity contribution in [3.05, 3.63) is 97.2 Å². The third-order valence-corrected chi connectivity index (χ3v) is 10.5. The number of allylic oxidation sites excluding steroid dienone is 14. The average Bonchev–Trinajstić information content (AvgIpc) is 3.25. The molecule has 62 heavy (non-hydrogen) atoms. The van der Waals surface area contributed by atoms with Crippen LogP contribution in [0.15, 0.2) is 97.2 Å². The van der Waals surface area contributed by atoms with Crippen LogP contribution in [0.5, 0.6) is 0 Å². The molecular formula is C47H75O14P. The van der Waals surface area contributed by atoms with Gasteiger partial charge in [-0.05, 0) is 77.0 Å². The third-order valence-electron chi connectivity index (χ3n) is 9.50. The maximum absolute atomic E-state index is 12.8. The van der Waals surface area contributed by atoms with Crippen molar-refractivity contribution < 1.29 is 68.2 Å². The van der Waals surface area contributed by atoms with Gasteiger partial charge in [-0.3, -0.25) is 18.6 Å². The van der Waals surface area contributed by atoms with Gasteiger partial charge in [0.05, 0.1) is 12.7 Å². The summed E-state index contributed by atoms with van der Waals surface area (Å²) in [5.74, 6) is -1.22. The first kappa shape index (κ1) is 56.7. The van der Waals surface area contributed by atoms with E-state index < -0.39 is 81.8 Å². The molecule has 1 aliphatic rings. The SMILES string of the molecule is CC/C=C\C/C=C\C/C=C\CCCCCCCC(=O)OC[C@H](COP(=O)(O)OC1[C@H](O)[C@H](O)C(O)[C@H](O)[C@H]1O)OC(=O)CCC/C=C\C/C=C\C/C=C\C=C\CC(O)/C=C\CC. The fraction of sp³-hybridized carbons (Fsp3) is 0.617. The van der Waals surface area contributed by atoms with E-state index in [0.717, 1.165) is 64.2 Å². The molecule has 15 heteroatoms. The predicted molar refractivity (Wildman–Crippen MR) is 240 cm³/mol. The summed E-state index contributed by atoms with van der Waals surface area (Å²) in [6, 6.07) is 0. The van der Waals surface area contributed by atoms with Crippen LogP contribution in [0.3, 0.4) is 0 Å². The van der Waals surface area contributed by atoms with Crippen LogP contribution >= 0.6 is 7.82 Å².